The zero-order chi connectivity index (χ0) is 30.9. The van der Waals surface area contributed by atoms with Gasteiger partial charge in [-0.25, -0.2) is 4.79 Å². The molecular formula is C37H24N2O4S2. The number of hydrogen-bond donors (Lipinski definition) is 1. The van der Waals surface area contributed by atoms with Crippen molar-refractivity contribution in [3.8, 4) is 59.6 Å². The molecule has 3 aromatic carbocycles. The predicted molar refractivity (Wildman–Crippen MR) is 181 cm³/mol. The fraction of sp³-hybridized carbons (Fsp3) is 0.0270. The number of aliphatic carboxylic acids is 1. The average molecular weight is 625 g/mol. The highest BCUT2D eigenvalue weighted by Gasteiger charge is 2.23. The monoisotopic (exact) mass is 624 g/mol. The maximum Gasteiger partial charge on any atom is 0.346 e. The molecule has 4 heterocycles. The Morgan fingerprint density at radius 2 is 1.49 bits per heavy atom. The van der Waals surface area contributed by atoms with Crippen molar-refractivity contribution in [2.45, 2.75) is 0 Å². The van der Waals surface area contributed by atoms with Crippen LogP contribution >= 0.6 is 22.7 Å². The van der Waals surface area contributed by atoms with Crippen molar-refractivity contribution in [2.24, 2.45) is 0 Å². The van der Waals surface area contributed by atoms with Gasteiger partial charge >= 0.3 is 5.97 Å². The summed E-state index contributed by atoms with van der Waals surface area (Å²) in [5, 5.41) is 19.4. The normalized spacial score (nSPS) is 11.5. The Labute approximate surface area is 266 Å². The van der Waals surface area contributed by atoms with Crippen LogP contribution in [0.4, 0.5) is 0 Å². The summed E-state index contributed by atoms with van der Waals surface area (Å²) in [5.74, 6) is 0.458. The number of nitrogens with zero attached hydrogens (tertiary/aromatic N) is 2. The van der Waals surface area contributed by atoms with Crippen molar-refractivity contribution >= 4 is 45.6 Å². The van der Waals surface area contributed by atoms with E-state index in [1.165, 1.54) is 17.0 Å². The van der Waals surface area contributed by atoms with Crippen LogP contribution in [0.25, 0.3) is 64.8 Å². The molecule has 0 aliphatic heterocycles. The number of fused-ring (bicyclic) bond motifs is 1. The van der Waals surface area contributed by atoms with Crippen LogP contribution in [0.3, 0.4) is 0 Å². The second-order valence-electron chi connectivity index (χ2n) is 10.1. The van der Waals surface area contributed by atoms with Crippen molar-refractivity contribution in [1.82, 2.24) is 4.57 Å². The lowest BCUT2D eigenvalue weighted by atomic mass is 10.0. The molecule has 0 aliphatic carbocycles. The van der Waals surface area contributed by atoms with Gasteiger partial charge in [-0.1, -0.05) is 48.5 Å². The highest BCUT2D eigenvalue weighted by molar-refractivity contribution is 7.25. The number of thiophene rings is 2. The lowest BCUT2D eigenvalue weighted by molar-refractivity contribution is -0.132. The summed E-state index contributed by atoms with van der Waals surface area (Å²) >= 11 is 3.34. The highest BCUT2D eigenvalue weighted by atomic mass is 32.1. The number of methoxy groups -OCH3 is 1. The van der Waals surface area contributed by atoms with E-state index >= 15 is 0 Å². The van der Waals surface area contributed by atoms with E-state index in [1.54, 1.807) is 48.0 Å². The second kappa shape index (κ2) is 11.8. The maximum absolute atomic E-state index is 11.2. The first kappa shape index (κ1) is 28.2. The summed E-state index contributed by atoms with van der Waals surface area (Å²) in [7, 11) is 1.68. The molecule has 0 aliphatic rings. The molecule has 0 amide bonds. The molecule has 0 fully saturated rings. The van der Waals surface area contributed by atoms with Crippen molar-refractivity contribution in [3.63, 3.8) is 0 Å². The molecule has 0 unspecified atom stereocenters. The number of nitriles is 1. The summed E-state index contributed by atoms with van der Waals surface area (Å²) in [4.78, 5) is 15.5. The molecule has 218 valence electrons. The molecule has 7 aromatic rings. The Bertz CT molecular complexity index is 2240. The van der Waals surface area contributed by atoms with Crippen molar-refractivity contribution in [2.75, 3.05) is 7.11 Å². The molecule has 7 rings (SSSR count). The highest BCUT2D eigenvalue weighted by Crippen LogP contribution is 2.47. The zero-order valence-corrected chi connectivity index (χ0v) is 25.6. The fourth-order valence-corrected chi connectivity index (χ4v) is 7.54. The van der Waals surface area contributed by atoms with E-state index < -0.39 is 5.97 Å². The van der Waals surface area contributed by atoms with E-state index in [9.17, 15) is 4.79 Å². The third-order valence-electron chi connectivity index (χ3n) is 7.46. The number of para-hydroxylation sites is 1. The van der Waals surface area contributed by atoms with Crippen LogP contribution in [0.5, 0.6) is 5.75 Å². The molecule has 0 radical (unpaired) electrons. The number of carbonyl (C=O) groups is 1. The van der Waals surface area contributed by atoms with Gasteiger partial charge in [0, 0.05) is 37.3 Å². The standard InChI is InChI=1S/C37H24N2O4S2/c1-42-26-13-11-25(12-14-26)39-29-10-6-5-9-28(29)35(36(39)23-7-3-2-4-8-23)34-20-19-33(45-34)32-18-17-31(44-32)30-16-15-27(43-30)21-24(22-38)37(40)41/h2-21H,1H3,(H,40,41)/b24-21+. The van der Waals surface area contributed by atoms with Gasteiger partial charge in [-0.15, -0.1) is 22.7 Å². The molecule has 0 atom stereocenters. The molecule has 45 heavy (non-hydrogen) atoms. The number of furan rings is 1. The lowest BCUT2D eigenvalue weighted by Gasteiger charge is -2.13. The van der Waals surface area contributed by atoms with Crippen LogP contribution in [0, 0.1) is 11.3 Å². The Morgan fingerprint density at radius 1 is 0.822 bits per heavy atom. The van der Waals surface area contributed by atoms with Gasteiger partial charge < -0.3 is 18.8 Å². The number of rotatable bonds is 8. The number of carboxylic acids is 1. The topological polar surface area (TPSA) is 88.4 Å². The quantitative estimate of drug-likeness (QED) is 0.134. The van der Waals surface area contributed by atoms with Gasteiger partial charge in [0.25, 0.3) is 0 Å². The molecule has 0 saturated carbocycles. The maximum atomic E-state index is 11.2. The number of benzene rings is 3. The minimum absolute atomic E-state index is 0.319. The molecule has 8 heteroatoms. The third kappa shape index (κ3) is 5.25. The van der Waals surface area contributed by atoms with Gasteiger partial charge in [0.1, 0.15) is 28.9 Å². The van der Waals surface area contributed by atoms with Gasteiger partial charge in [0.15, 0.2) is 0 Å². The average Bonchev–Trinajstić information content (AvgIpc) is 3.89. The van der Waals surface area contributed by atoms with Crippen LogP contribution in [0.1, 0.15) is 5.76 Å². The second-order valence-corrected chi connectivity index (χ2v) is 12.3. The van der Waals surface area contributed by atoms with Gasteiger partial charge in [-0.2, -0.15) is 5.26 Å². The lowest BCUT2D eigenvalue weighted by Crippen LogP contribution is -1.97. The Morgan fingerprint density at radius 3 is 2.20 bits per heavy atom. The van der Waals surface area contributed by atoms with Gasteiger partial charge in [0.05, 0.1) is 23.2 Å². The Kier molecular flexibility index (Phi) is 7.39. The van der Waals surface area contributed by atoms with E-state index in [0.29, 0.717) is 11.5 Å². The van der Waals surface area contributed by atoms with E-state index in [4.69, 9.17) is 19.5 Å². The van der Waals surface area contributed by atoms with Gasteiger partial charge in [0.2, 0.25) is 0 Å². The largest absolute Gasteiger partial charge is 0.497 e. The zero-order valence-electron chi connectivity index (χ0n) is 23.9. The summed E-state index contributed by atoms with van der Waals surface area (Å²) in [6, 6.07) is 40.7. The van der Waals surface area contributed by atoms with Crippen LogP contribution in [-0.4, -0.2) is 22.8 Å². The fourth-order valence-electron chi connectivity index (χ4n) is 5.41. The number of hydrogen-bond acceptors (Lipinski definition) is 6. The molecule has 0 saturated heterocycles. The number of aromatic nitrogens is 1. The Hall–Kier alpha value is -5.62. The van der Waals surface area contributed by atoms with E-state index in [0.717, 1.165) is 47.7 Å². The smallest absolute Gasteiger partial charge is 0.346 e. The first-order valence-corrected chi connectivity index (χ1v) is 15.7. The van der Waals surface area contributed by atoms with Crippen LogP contribution in [-0.2, 0) is 4.79 Å². The van der Waals surface area contributed by atoms with Crippen molar-refractivity contribution < 1.29 is 19.1 Å². The predicted octanol–water partition coefficient (Wildman–Crippen LogP) is 10.0. The minimum atomic E-state index is -1.29. The molecular weight excluding hydrogens is 601 g/mol. The van der Waals surface area contributed by atoms with Gasteiger partial charge in [-0.05, 0) is 72.3 Å². The molecule has 0 spiro atoms. The summed E-state index contributed by atoms with van der Waals surface area (Å²) in [6.45, 7) is 0. The van der Waals surface area contributed by atoms with Crippen molar-refractivity contribution in [1.29, 1.82) is 5.26 Å². The first-order chi connectivity index (χ1) is 22.0. The van der Waals surface area contributed by atoms with Gasteiger partial charge in [-0.3, -0.25) is 0 Å². The SMILES string of the molecule is COc1ccc(-n2c(-c3ccccc3)c(-c3ccc(-c4ccc(-c5ccc(/C=C(\C#N)C(=O)O)o5)s4)s3)c3ccccc32)cc1. The molecule has 1 N–H and O–H groups in total. The van der Waals surface area contributed by atoms with Crippen LogP contribution in [0.15, 0.2) is 125 Å². The Balaban J connectivity index is 1.32. The van der Waals surface area contributed by atoms with Crippen LogP contribution < -0.4 is 4.74 Å². The van der Waals surface area contributed by atoms with E-state index in [1.807, 2.05) is 24.3 Å². The molecule has 6 nitrogen and oxygen atoms in total. The summed E-state index contributed by atoms with van der Waals surface area (Å²) in [6.07, 6.45) is 1.23. The van der Waals surface area contributed by atoms with E-state index in [2.05, 4.69) is 83.4 Å². The minimum Gasteiger partial charge on any atom is -0.497 e. The molecule has 4 aromatic heterocycles. The summed E-state index contributed by atoms with van der Waals surface area (Å²) in [5.41, 5.74) is 5.21. The van der Waals surface area contributed by atoms with E-state index in [-0.39, 0.29) is 5.57 Å². The number of ether oxygens (including phenoxy) is 1. The summed E-state index contributed by atoms with van der Waals surface area (Å²) < 4.78 is 13.6. The van der Waals surface area contributed by atoms with Crippen LogP contribution in [0.2, 0.25) is 0 Å². The third-order valence-corrected chi connectivity index (χ3v) is 9.86. The first-order valence-electron chi connectivity index (χ1n) is 14.0. The molecule has 0 bridgehead atoms. The number of carboxylic acid groups (broad SMARTS) is 1. The van der Waals surface area contributed by atoms with Crippen molar-refractivity contribution in [3.05, 3.63) is 127 Å².